The Hall–Kier alpha value is 0.430. The molecule has 1 unspecified atom stereocenters. The van der Waals surface area contributed by atoms with Crippen molar-refractivity contribution in [2.45, 2.75) is 32.9 Å². The average molecular weight is 118 g/mol. The molecule has 0 saturated carbocycles. The maximum absolute atomic E-state index is 2.83. The van der Waals surface area contributed by atoms with Crippen molar-refractivity contribution in [2.24, 2.45) is 5.92 Å². The first-order valence-corrected chi connectivity index (χ1v) is 3.31. The molecule has 0 heterocycles. The molecule has 1 atom stereocenters. The maximum atomic E-state index is 2.83. The van der Waals surface area contributed by atoms with Gasteiger partial charge in [0.05, 0.1) is 0 Å². The Balaban J connectivity index is 3.54. The summed E-state index contributed by atoms with van der Waals surface area (Å²) in [6.45, 7) is 8.91. The van der Waals surface area contributed by atoms with Gasteiger partial charge in [-0.1, -0.05) is 27.7 Å². The first kappa shape index (κ1) is 7.43. The fourth-order valence-corrected chi connectivity index (χ4v) is 0. The molecule has 0 aliphatic rings. The number of hydrogen-bond acceptors (Lipinski definition) is 0. The van der Waals surface area contributed by atoms with Crippen LogP contribution in [-0.2, 0) is 0 Å². The Morgan fingerprint density at radius 3 is 1.43 bits per heavy atom. The van der Waals surface area contributed by atoms with Crippen LogP contribution in [0.3, 0.4) is 0 Å². The summed E-state index contributed by atoms with van der Waals surface area (Å²) < 4.78 is 0. The van der Waals surface area contributed by atoms with Gasteiger partial charge in [0.1, 0.15) is 0 Å². The first-order chi connectivity index (χ1) is 2.94. The average Bonchev–Trinajstić information content (AvgIpc) is 1.31. The third kappa shape index (κ3) is 3.05. The molecule has 0 aliphatic carbocycles. The Morgan fingerprint density at radius 2 is 1.43 bits per heavy atom. The lowest BCUT2D eigenvalue weighted by Gasteiger charge is -2.22. The molecule has 7 heavy (non-hydrogen) atoms. The van der Waals surface area contributed by atoms with Gasteiger partial charge in [0.15, 0.2) is 0 Å². The van der Waals surface area contributed by atoms with Crippen LogP contribution >= 0.6 is 9.24 Å². The summed E-state index contributed by atoms with van der Waals surface area (Å²) in [7, 11) is 2.83. The summed E-state index contributed by atoms with van der Waals surface area (Å²) in [6.07, 6.45) is 0. The third-order valence-electron chi connectivity index (χ3n) is 1.49. The van der Waals surface area contributed by atoms with Gasteiger partial charge in [-0.25, -0.2) is 0 Å². The SMILES string of the molecule is CC(C)C(C)(C)P. The molecule has 0 aliphatic heterocycles. The minimum absolute atomic E-state index is 0.417. The van der Waals surface area contributed by atoms with Crippen molar-refractivity contribution in [3.8, 4) is 0 Å². The maximum Gasteiger partial charge on any atom is -0.0184 e. The van der Waals surface area contributed by atoms with Gasteiger partial charge in [-0.15, -0.1) is 9.24 Å². The fourth-order valence-electron chi connectivity index (χ4n) is 0. The molecule has 0 rings (SSSR count). The van der Waals surface area contributed by atoms with Crippen LogP contribution in [0, 0.1) is 5.92 Å². The standard InChI is InChI=1S/C6H15P/c1-5(2)6(3,4)7/h5H,7H2,1-4H3. The molecule has 0 radical (unpaired) electrons. The third-order valence-corrected chi connectivity index (χ3v) is 2.15. The highest BCUT2D eigenvalue weighted by molar-refractivity contribution is 7.18. The molecule has 0 N–H and O–H groups in total. The quantitative estimate of drug-likeness (QED) is 0.463. The van der Waals surface area contributed by atoms with Gasteiger partial charge in [-0.3, -0.25) is 0 Å². The van der Waals surface area contributed by atoms with Crippen LogP contribution in [0.25, 0.3) is 0 Å². The van der Waals surface area contributed by atoms with Gasteiger partial charge >= 0.3 is 0 Å². The van der Waals surface area contributed by atoms with Gasteiger partial charge in [0.25, 0.3) is 0 Å². The lowest BCUT2D eigenvalue weighted by Crippen LogP contribution is -2.17. The minimum Gasteiger partial charge on any atom is -0.131 e. The summed E-state index contributed by atoms with van der Waals surface area (Å²) in [5.74, 6) is 0.762. The van der Waals surface area contributed by atoms with Crippen LogP contribution in [0.4, 0.5) is 0 Å². The molecule has 0 saturated heterocycles. The zero-order valence-electron chi connectivity index (χ0n) is 5.65. The van der Waals surface area contributed by atoms with E-state index in [0.717, 1.165) is 5.92 Å². The molecule has 0 aromatic heterocycles. The predicted octanol–water partition coefficient (Wildman–Crippen LogP) is 2.30. The van der Waals surface area contributed by atoms with E-state index in [1.165, 1.54) is 0 Å². The molecular formula is C6H15P. The van der Waals surface area contributed by atoms with Crippen LogP contribution in [0.5, 0.6) is 0 Å². The molecule has 0 spiro atoms. The lowest BCUT2D eigenvalue weighted by molar-refractivity contribution is 0.503. The monoisotopic (exact) mass is 118 g/mol. The smallest absolute Gasteiger partial charge is 0.0184 e. The highest BCUT2D eigenvalue weighted by Crippen LogP contribution is 2.25. The molecule has 0 bridgehead atoms. The van der Waals surface area contributed by atoms with Crippen LogP contribution in [0.1, 0.15) is 27.7 Å². The van der Waals surface area contributed by atoms with E-state index in [1.807, 2.05) is 0 Å². The van der Waals surface area contributed by atoms with Crippen molar-refractivity contribution in [1.29, 1.82) is 0 Å². The summed E-state index contributed by atoms with van der Waals surface area (Å²) >= 11 is 0. The second kappa shape index (κ2) is 2.13. The Bertz CT molecular complexity index is 49.7. The molecular weight excluding hydrogens is 103 g/mol. The molecule has 0 aromatic rings. The van der Waals surface area contributed by atoms with Gasteiger partial charge in [0, 0.05) is 0 Å². The summed E-state index contributed by atoms with van der Waals surface area (Å²) in [4.78, 5) is 0. The van der Waals surface area contributed by atoms with Crippen molar-refractivity contribution in [3.63, 3.8) is 0 Å². The van der Waals surface area contributed by atoms with Crippen molar-refractivity contribution >= 4 is 9.24 Å². The normalized spacial score (nSPS) is 12.9. The lowest BCUT2D eigenvalue weighted by atomic mass is 10.00. The van der Waals surface area contributed by atoms with E-state index in [-0.39, 0.29) is 0 Å². The minimum atomic E-state index is 0.417. The summed E-state index contributed by atoms with van der Waals surface area (Å²) in [6, 6.07) is 0. The Morgan fingerprint density at radius 1 is 1.29 bits per heavy atom. The zero-order chi connectivity index (χ0) is 6.08. The fraction of sp³-hybridized carbons (Fsp3) is 1.00. The molecule has 0 amide bonds. The molecule has 44 valence electrons. The highest BCUT2D eigenvalue weighted by Gasteiger charge is 2.13. The van der Waals surface area contributed by atoms with Crippen molar-refractivity contribution < 1.29 is 0 Å². The Labute approximate surface area is 48.9 Å². The largest absolute Gasteiger partial charge is 0.131 e. The van der Waals surface area contributed by atoms with E-state index in [2.05, 4.69) is 36.9 Å². The van der Waals surface area contributed by atoms with E-state index in [1.54, 1.807) is 0 Å². The second-order valence-corrected chi connectivity index (χ2v) is 4.46. The van der Waals surface area contributed by atoms with E-state index >= 15 is 0 Å². The van der Waals surface area contributed by atoms with E-state index in [4.69, 9.17) is 0 Å². The van der Waals surface area contributed by atoms with E-state index < -0.39 is 0 Å². The van der Waals surface area contributed by atoms with Gasteiger partial charge in [0.2, 0.25) is 0 Å². The van der Waals surface area contributed by atoms with Gasteiger partial charge < -0.3 is 0 Å². The topological polar surface area (TPSA) is 0 Å². The van der Waals surface area contributed by atoms with Gasteiger partial charge in [-0.05, 0) is 11.1 Å². The predicted molar refractivity (Wildman–Crippen MR) is 38.6 cm³/mol. The summed E-state index contributed by atoms with van der Waals surface area (Å²) in [5.41, 5.74) is 0. The number of rotatable bonds is 1. The van der Waals surface area contributed by atoms with Crippen molar-refractivity contribution in [1.82, 2.24) is 0 Å². The summed E-state index contributed by atoms with van der Waals surface area (Å²) in [5, 5.41) is 0.417. The second-order valence-electron chi connectivity index (χ2n) is 2.98. The highest BCUT2D eigenvalue weighted by atomic mass is 31.0. The molecule has 0 nitrogen and oxygen atoms in total. The van der Waals surface area contributed by atoms with Crippen molar-refractivity contribution in [3.05, 3.63) is 0 Å². The van der Waals surface area contributed by atoms with Crippen LogP contribution in [0.2, 0.25) is 0 Å². The molecule has 0 aromatic carbocycles. The van der Waals surface area contributed by atoms with Crippen LogP contribution in [-0.4, -0.2) is 5.16 Å². The van der Waals surface area contributed by atoms with Crippen molar-refractivity contribution in [2.75, 3.05) is 0 Å². The Kier molecular flexibility index (Phi) is 2.26. The van der Waals surface area contributed by atoms with E-state index in [9.17, 15) is 0 Å². The van der Waals surface area contributed by atoms with Crippen LogP contribution in [0.15, 0.2) is 0 Å². The van der Waals surface area contributed by atoms with E-state index in [0.29, 0.717) is 5.16 Å². The number of hydrogen-bond donors (Lipinski definition) is 0. The zero-order valence-corrected chi connectivity index (χ0v) is 6.81. The van der Waals surface area contributed by atoms with Gasteiger partial charge in [-0.2, -0.15) is 0 Å². The first-order valence-electron chi connectivity index (χ1n) is 2.73. The molecule has 0 fully saturated rings. The molecule has 1 heteroatoms. The van der Waals surface area contributed by atoms with Crippen LogP contribution < -0.4 is 0 Å².